The highest BCUT2D eigenvalue weighted by atomic mass is 16.7. The Bertz CT molecular complexity index is 493. The summed E-state index contributed by atoms with van der Waals surface area (Å²) in [6, 6.07) is -0.124. The van der Waals surface area contributed by atoms with Crippen LogP contribution in [0, 0.1) is 0 Å². The Kier molecular flexibility index (Phi) is 12.2. The summed E-state index contributed by atoms with van der Waals surface area (Å²) >= 11 is 0. The average molecular weight is 405 g/mol. The fourth-order valence-electron chi connectivity index (χ4n) is 2.67. The third-order valence-corrected chi connectivity index (χ3v) is 4.28. The number of methoxy groups -OCH3 is 4. The van der Waals surface area contributed by atoms with Crippen molar-refractivity contribution in [3.8, 4) is 0 Å². The van der Waals surface area contributed by atoms with E-state index in [-0.39, 0.29) is 18.2 Å². The minimum absolute atomic E-state index is 0.124. The lowest BCUT2D eigenvalue weighted by atomic mass is 10.2. The van der Waals surface area contributed by atoms with Gasteiger partial charge in [0.15, 0.2) is 17.9 Å². The van der Waals surface area contributed by atoms with Crippen LogP contribution in [0.5, 0.6) is 0 Å². The summed E-state index contributed by atoms with van der Waals surface area (Å²) in [6.45, 7) is 7.80. The van der Waals surface area contributed by atoms with Crippen LogP contribution in [-0.4, -0.2) is 82.1 Å². The van der Waals surface area contributed by atoms with Crippen molar-refractivity contribution in [2.75, 3.05) is 60.3 Å². The molecule has 0 saturated carbocycles. The Balaban J connectivity index is 3.08. The number of nitrogens with one attached hydrogen (secondary N) is 1. The minimum Gasteiger partial charge on any atom is -0.382 e. The van der Waals surface area contributed by atoms with Gasteiger partial charge >= 0.3 is 0 Å². The van der Waals surface area contributed by atoms with Gasteiger partial charge < -0.3 is 33.8 Å². The highest BCUT2D eigenvalue weighted by Crippen LogP contribution is 2.21. The fraction of sp³-hybridized carbons (Fsp3) is 0.889. The molecule has 1 aromatic heterocycles. The van der Waals surface area contributed by atoms with Crippen molar-refractivity contribution < 1.29 is 28.4 Å². The molecule has 0 aliphatic rings. The van der Waals surface area contributed by atoms with Gasteiger partial charge in [0.25, 0.3) is 0 Å². The summed E-state index contributed by atoms with van der Waals surface area (Å²) in [5.74, 6) is 1.27. The van der Waals surface area contributed by atoms with Gasteiger partial charge in [-0.25, -0.2) is 4.68 Å². The minimum atomic E-state index is -0.428. The van der Waals surface area contributed by atoms with E-state index < -0.39 is 6.29 Å². The van der Waals surface area contributed by atoms with E-state index in [9.17, 15) is 0 Å². The second-order valence-electron chi connectivity index (χ2n) is 6.25. The van der Waals surface area contributed by atoms with Crippen LogP contribution in [0.1, 0.15) is 51.0 Å². The first-order valence-corrected chi connectivity index (χ1v) is 9.52. The number of nitrogens with zero attached hydrogens (tertiary/aromatic N) is 3. The quantitative estimate of drug-likeness (QED) is 0.326. The molecule has 164 valence electrons. The van der Waals surface area contributed by atoms with Crippen LogP contribution in [-0.2, 0) is 28.4 Å². The number of hydrogen-bond donors (Lipinski definition) is 1. The Hall–Kier alpha value is -1.30. The molecule has 0 saturated heterocycles. The molecule has 28 heavy (non-hydrogen) atoms. The van der Waals surface area contributed by atoms with E-state index in [4.69, 9.17) is 28.4 Å². The molecule has 1 rings (SSSR count). The lowest BCUT2D eigenvalue weighted by Crippen LogP contribution is -2.42. The van der Waals surface area contributed by atoms with E-state index in [1.54, 1.807) is 28.4 Å². The summed E-state index contributed by atoms with van der Waals surface area (Å²) in [5, 5.41) is 8.67. The first-order valence-electron chi connectivity index (χ1n) is 9.52. The lowest BCUT2D eigenvalue weighted by molar-refractivity contribution is -0.114. The summed E-state index contributed by atoms with van der Waals surface area (Å²) in [6.07, 6.45) is -0.254. The Labute approximate surface area is 167 Å². The molecular weight excluding hydrogens is 368 g/mol. The molecule has 0 radical (unpaired) electrons. The van der Waals surface area contributed by atoms with E-state index in [0.717, 1.165) is 6.42 Å². The maximum absolute atomic E-state index is 5.82. The first-order chi connectivity index (χ1) is 13.5. The number of hydrogen-bond acceptors (Lipinski definition) is 9. The molecule has 0 amide bonds. The largest absolute Gasteiger partial charge is 0.382 e. The molecule has 3 atom stereocenters. The standard InChI is InChI=1S/C18H36N4O6/c1-8-15(18(25-6)26-7)21-22-16(13(2)27-11-9-23-4)19-20-17(22)14(3)28-12-10-24-5/h13-15,18,21H,8-12H2,1-7H3/t13-,14-,15?/m0/s1. The first kappa shape index (κ1) is 24.7. The average Bonchev–Trinajstić information content (AvgIpc) is 3.12. The van der Waals surface area contributed by atoms with Gasteiger partial charge in [0.1, 0.15) is 12.2 Å². The zero-order chi connectivity index (χ0) is 20.9. The van der Waals surface area contributed by atoms with Gasteiger partial charge in [-0.3, -0.25) is 0 Å². The number of aromatic nitrogens is 3. The summed E-state index contributed by atoms with van der Waals surface area (Å²) in [7, 11) is 6.49. The van der Waals surface area contributed by atoms with Crippen LogP contribution in [0.15, 0.2) is 0 Å². The van der Waals surface area contributed by atoms with Crippen LogP contribution < -0.4 is 5.43 Å². The van der Waals surface area contributed by atoms with Crippen LogP contribution in [0.2, 0.25) is 0 Å². The van der Waals surface area contributed by atoms with E-state index in [2.05, 4.69) is 15.6 Å². The normalized spacial score (nSPS) is 15.0. The third-order valence-electron chi connectivity index (χ3n) is 4.28. The molecule has 1 unspecified atom stereocenters. The van der Waals surface area contributed by atoms with Crippen molar-refractivity contribution in [2.45, 2.75) is 51.7 Å². The maximum Gasteiger partial charge on any atom is 0.180 e. The fourth-order valence-corrected chi connectivity index (χ4v) is 2.67. The molecule has 10 nitrogen and oxygen atoms in total. The molecule has 1 heterocycles. The van der Waals surface area contributed by atoms with Crippen molar-refractivity contribution >= 4 is 0 Å². The van der Waals surface area contributed by atoms with E-state index >= 15 is 0 Å². The van der Waals surface area contributed by atoms with Gasteiger partial charge in [0.2, 0.25) is 0 Å². The predicted molar refractivity (Wildman–Crippen MR) is 104 cm³/mol. The van der Waals surface area contributed by atoms with E-state index in [1.165, 1.54) is 0 Å². The van der Waals surface area contributed by atoms with Crippen molar-refractivity contribution in [1.29, 1.82) is 0 Å². The summed E-state index contributed by atoms with van der Waals surface area (Å²) in [5.41, 5.74) is 3.41. The van der Waals surface area contributed by atoms with Crippen LogP contribution in [0.4, 0.5) is 0 Å². The lowest BCUT2D eigenvalue weighted by Gasteiger charge is -2.28. The van der Waals surface area contributed by atoms with Crippen molar-refractivity contribution in [1.82, 2.24) is 14.9 Å². The van der Waals surface area contributed by atoms with E-state index in [1.807, 2.05) is 25.4 Å². The van der Waals surface area contributed by atoms with Crippen LogP contribution in [0.25, 0.3) is 0 Å². The second-order valence-corrected chi connectivity index (χ2v) is 6.25. The molecule has 0 spiro atoms. The van der Waals surface area contributed by atoms with Crippen molar-refractivity contribution in [2.24, 2.45) is 0 Å². The van der Waals surface area contributed by atoms with Gasteiger partial charge in [-0.05, 0) is 20.3 Å². The molecule has 0 aromatic carbocycles. The Morgan fingerprint density at radius 2 is 1.29 bits per heavy atom. The Morgan fingerprint density at radius 1 is 0.821 bits per heavy atom. The zero-order valence-electron chi connectivity index (χ0n) is 18.1. The predicted octanol–water partition coefficient (Wildman–Crippen LogP) is 1.67. The van der Waals surface area contributed by atoms with Crippen molar-refractivity contribution in [3.05, 3.63) is 11.6 Å². The van der Waals surface area contributed by atoms with Crippen LogP contribution >= 0.6 is 0 Å². The number of rotatable bonds is 16. The van der Waals surface area contributed by atoms with Crippen LogP contribution in [0.3, 0.4) is 0 Å². The third kappa shape index (κ3) is 7.26. The van der Waals surface area contributed by atoms with Gasteiger partial charge in [0, 0.05) is 28.4 Å². The molecule has 0 bridgehead atoms. The topological polar surface area (TPSA) is 98.1 Å². The van der Waals surface area contributed by atoms with Gasteiger partial charge in [-0.1, -0.05) is 6.92 Å². The smallest absolute Gasteiger partial charge is 0.180 e. The van der Waals surface area contributed by atoms with E-state index in [0.29, 0.717) is 38.1 Å². The highest BCUT2D eigenvalue weighted by molar-refractivity contribution is 5.06. The van der Waals surface area contributed by atoms with Gasteiger partial charge in [-0.2, -0.15) is 0 Å². The number of ether oxygens (including phenoxy) is 6. The molecular formula is C18H36N4O6. The molecule has 1 N–H and O–H groups in total. The maximum atomic E-state index is 5.82. The molecule has 0 fully saturated rings. The second kappa shape index (κ2) is 13.8. The molecule has 0 aliphatic heterocycles. The SMILES string of the molecule is CCC(Nn1c([C@H](C)OCCOC)nnc1[C@H](C)OCCOC)C(OC)OC. The highest BCUT2D eigenvalue weighted by Gasteiger charge is 2.27. The van der Waals surface area contributed by atoms with Gasteiger partial charge in [-0.15, -0.1) is 10.2 Å². The zero-order valence-corrected chi connectivity index (χ0v) is 18.1. The van der Waals surface area contributed by atoms with Gasteiger partial charge in [0.05, 0.1) is 32.5 Å². The molecule has 1 aromatic rings. The Morgan fingerprint density at radius 3 is 1.64 bits per heavy atom. The summed E-state index contributed by atoms with van der Waals surface area (Å²) in [4.78, 5) is 0. The summed E-state index contributed by atoms with van der Waals surface area (Å²) < 4.78 is 34.4. The molecule has 10 heteroatoms. The molecule has 0 aliphatic carbocycles. The monoisotopic (exact) mass is 404 g/mol. The van der Waals surface area contributed by atoms with Crippen molar-refractivity contribution in [3.63, 3.8) is 0 Å².